The Bertz CT molecular complexity index is 971. The summed E-state index contributed by atoms with van der Waals surface area (Å²) in [5, 5.41) is 9.55. The number of nitrogens with zero attached hydrogens (tertiary/aromatic N) is 2. The van der Waals surface area contributed by atoms with Crippen LogP contribution in [0.5, 0.6) is 17.2 Å². The summed E-state index contributed by atoms with van der Waals surface area (Å²) < 4.78 is 16.2. The highest BCUT2D eigenvalue weighted by Gasteiger charge is 2.12. The highest BCUT2D eigenvalue weighted by molar-refractivity contribution is 5.89. The fraction of sp³-hybridized carbons (Fsp3) is 0.286. The summed E-state index contributed by atoms with van der Waals surface area (Å²) >= 11 is 0. The van der Waals surface area contributed by atoms with Crippen molar-refractivity contribution in [3.8, 4) is 28.6 Å². The number of ether oxygens (including phenoxy) is 3. The minimum atomic E-state index is -0.171. The number of carbonyl (C=O) groups is 1. The lowest BCUT2D eigenvalue weighted by molar-refractivity contribution is -0.116. The van der Waals surface area contributed by atoms with Crippen molar-refractivity contribution < 1.29 is 19.0 Å². The molecule has 0 aliphatic heterocycles. The number of benzene rings is 2. The van der Waals surface area contributed by atoms with Crippen molar-refractivity contribution in [3.63, 3.8) is 0 Å². The summed E-state index contributed by atoms with van der Waals surface area (Å²) in [5.41, 5.74) is 1.90. The molecule has 1 aromatic heterocycles. The molecule has 8 nitrogen and oxygen atoms in total. The van der Waals surface area contributed by atoms with Gasteiger partial charge in [-0.25, -0.2) is 0 Å². The average Bonchev–Trinajstić information content (AvgIpc) is 3.19. The van der Waals surface area contributed by atoms with Gasteiger partial charge in [0, 0.05) is 12.0 Å². The van der Waals surface area contributed by atoms with E-state index in [2.05, 4.69) is 20.5 Å². The number of amides is 1. The summed E-state index contributed by atoms with van der Waals surface area (Å²) in [6.07, 6.45) is 0.902. The van der Waals surface area contributed by atoms with Crippen LogP contribution in [0.3, 0.4) is 0 Å². The van der Waals surface area contributed by atoms with Crippen molar-refractivity contribution in [1.29, 1.82) is 0 Å². The van der Waals surface area contributed by atoms with Gasteiger partial charge in [0.1, 0.15) is 5.75 Å². The first-order valence-electron chi connectivity index (χ1n) is 9.23. The second-order valence-corrected chi connectivity index (χ2v) is 6.39. The maximum atomic E-state index is 12.1. The standard InChI is InChI=1S/C21H24N4O4/c1-14-6-4-7-16(12-14)29-11-5-8-19(26)22-21-23-20(24-25-21)15-9-10-17(27-2)18(13-15)28-3/h4,6-7,9-10,12-13H,5,8,11H2,1-3H3,(H2,22,23,24,25,26). The van der Waals surface area contributed by atoms with Crippen LogP contribution >= 0.6 is 0 Å². The number of methoxy groups -OCH3 is 2. The van der Waals surface area contributed by atoms with Crippen LogP contribution in [0, 0.1) is 6.92 Å². The highest BCUT2D eigenvalue weighted by Crippen LogP contribution is 2.31. The zero-order valence-electron chi connectivity index (χ0n) is 16.7. The van der Waals surface area contributed by atoms with E-state index in [0.717, 1.165) is 16.9 Å². The third-order valence-electron chi connectivity index (χ3n) is 4.20. The van der Waals surface area contributed by atoms with Crippen LogP contribution in [-0.2, 0) is 4.79 Å². The van der Waals surface area contributed by atoms with Gasteiger partial charge >= 0.3 is 0 Å². The van der Waals surface area contributed by atoms with Crippen molar-refractivity contribution in [2.75, 3.05) is 26.1 Å². The molecule has 0 spiro atoms. The Morgan fingerprint density at radius 1 is 1.10 bits per heavy atom. The molecule has 1 amide bonds. The van der Waals surface area contributed by atoms with E-state index in [4.69, 9.17) is 14.2 Å². The molecule has 1 heterocycles. The number of anilines is 1. The zero-order chi connectivity index (χ0) is 20.6. The molecule has 3 aromatic rings. The van der Waals surface area contributed by atoms with Gasteiger partial charge in [-0.15, -0.1) is 5.10 Å². The Kier molecular flexibility index (Phi) is 6.67. The summed E-state index contributed by atoms with van der Waals surface area (Å²) in [6, 6.07) is 13.2. The lowest BCUT2D eigenvalue weighted by atomic mass is 10.2. The predicted octanol–water partition coefficient (Wildman–Crippen LogP) is 3.60. The molecule has 0 aliphatic rings. The number of hydrogen-bond donors (Lipinski definition) is 2. The van der Waals surface area contributed by atoms with Crippen molar-refractivity contribution in [1.82, 2.24) is 15.2 Å². The number of carbonyl (C=O) groups excluding carboxylic acids is 1. The van der Waals surface area contributed by atoms with Crippen LogP contribution in [0.25, 0.3) is 11.4 Å². The van der Waals surface area contributed by atoms with Gasteiger partial charge in [0.15, 0.2) is 17.3 Å². The zero-order valence-corrected chi connectivity index (χ0v) is 16.7. The molecule has 0 radical (unpaired) electrons. The first-order chi connectivity index (χ1) is 14.1. The maximum absolute atomic E-state index is 12.1. The first-order valence-corrected chi connectivity index (χ1v) is 9.23. The van der Waals surface area contributed by atoms with Gasteiger partial charge in [0.25, 0.3) is 0 Å². The quantitative estimate of drug-likeness (QED) is 0.536. The number of nitrogens with one attached hydrogen (secondary N) is 2. The summed E-state index contributed by atoms with van der Waals surface area (Å²) in [4.78, 5) is 16.4. The second kappa shape index (κ2) is 9.59. The second-order valence-electron chi connectivity index (χ2n) is 6.39. The van der Waals surface area contributed by atoms with E-state index in [1.165, 1.54) is 0 Å². The summed E-state index contributed by atoms with van der Waals surface area (Å²) in [5.74, 6) is 2.58. The van der Waals surface area contributed by atoms with E-state index in [9.17, 15) is 4.79 Å². The number of aromatic amines is 1. The van der Waals surface area contributed by atoms with Crippen LogP contribution in [0.15, 0.2) is 42.5 Å². The van der Waals surface area contributed by atoms with Crippen molar-refractivity contribution in [3.05, 3.63) is 48.0 Å². The van der Waals surface area contributed by atoms with E-state index in [0.29, 0.717) is 36.8 Å². The first kappa shape index (κ1) is 20.2. The normalized spacial score (nSPS) is 10.4. The maximum Gasteiger partial charge on any atom is 0.249 e. The number of hydrogen-bond acceptors (Lipinski definition) is 6. The molecule has 0 fully saturated rings. The summed E-state index contributed by atoms with van der Waals surface area (Å²) in [7, 11) is 3.14. The lowest BCUT2D eigenvalue weighted by Gasteiger charge is -2.08. The van der Waals surface area contributed by atoms with Crippen LogP contribution in [-0.4, -0.2) is 41.9 Å². The molecule has 0 aliphatic carbocycles. The Morgan fingerprint density at radius 2 is 1.93 bits per heavy atom. The van der Waals surface area contributed by atoms with Crippen LogP contribution in [0.1, 0.15) is 18.4 Å². The molecule has 29 heavy (non-hydrogen) atoms. The van der Waals surface area contributed by atoms with E-state index in [1.54, 1.807) is 26.4 Å². The minimum absolute atomic E-state index is 0.171. The number of aromatic nitrogens is 3. The van der Waals surface area contributed by atoms with Crippen LogP contribution < -0.4 is 19.5 Å². The minimum Gasteiger partial charge on any atom is -0.494 e. The molecule has 0 bridgehead atoms. The van der Waals surface area contributed by atoms with E-state index in [-0.39, 0.29) is 11.9 Å². The van der Waals surface area contributed by atoms with Crippen LogP contribution in [0.4, 0.5) is 5.95 Å². The van der Waals surface area contributed by atoms with Gasteiger partial charge < -0.3 is 14.2 Å². The van der Waals surface area contributed by atoms with Gasteiger partial charge in [-0.2, -0.15) is 4.98 Å². The van der Waals surface area contributed by atoms with Gasteiger partial charge in [0.05, 0.1) is 20.8 Å². The molecule has 0 saturated carbocycles. The molecule has 0 saturated heterocycles. The largest absolute Gasteiger partial charge is 0.494 e. The SMILES string of the molecule is COc1ccc(-c2nc(NC(=O)CCCOc3cccc(C)c3)n[nH]2)cc1OC. The van der Waals surface area contributed by atoms with Crippen molar-refractivity contribution in [2.45, 2.75) is 19.8 Å². The topological polar surface area (TPSA) is 98.4 Å². The fourth-order valence-electron chi connectivity index (χ4n) is 2.75. The fourth-order valence-corrected chi connectivity index (χ4v) is 2.75. The molecule has 3 rings (SSSR count). The van der Waals surface area contributed by atoms with Gasteiger partial charge in [-0.1, -0.05) is 12.1 Å². The highest BCUT2D eigenvalue weighted by atomic mass is 16.5. The Labute approximate surface area is 169 Å². The van der Waals surface area contributed by atoms with Crippen molar-refractivity contribution in [2.24, 2.45) is 0 Å². The third-order valence-corrected chi connectivity index (χ3v) is 4.20. The van der Waals surface area contributed by atoms with Crippen molar-refractivity contribution >= 4 is 11.9 Å². The smallest absolute Gasteiger partial charge is 0.249 e. The number of aryl methyl sites for hydroxylation is 1. The van der Waals surface area contributed by atoms with E-state index < -0.39 is 0 Å². The Hall–Kier alpha value is -3.55. The number of rotatable bonds is 9. The Balaban J connectivity index is 1.50. The lowest BCUT2D eigenvalue weighted by Crippen LogP contribution is -2.13. The molecule has 8 heteroatoms. The average molecular weight is 396 g/mol. The van der Waals surface area contributed by atoms with E-state index in [1.807, 2.05) is 37.3 Å². The molecule has 2 N–H and O–H groups in total. The predicted molar refractivity (Wildman–Crippen MR) is 109 cm³/mol. The molecule has 2 aromatic carbocycles. The van der Waals surface area contributed by atoms with Crippen LogP contribution in [0.2, 0.25) is 0 Å². The molecule has 0 unspecified atom stereocenters. The van der Waals surface area contributed by atoms with E-state index >= 15 is 0 Å². The molecule has 152 valence electrons. The molecular weight excluding hydrogens is 372 g/mol. The third kappa shape index (κ3) is 5.47. The Morgan fingerprint density at radius 3 is 2.69 bits per heavy atom. The van der Waals surface area contributed by atoms with Gasteiger partial charge in [0.2, 0.25) is 11.9 Å². The molecular formula is C21H24N4O4. The monoisotopic (exact) mass is 396 g/mol. The van der Waals surface area contributed by atoms with Gasteiger partial charge in [-0.3, -0.25) is 15.2 Å². The number of H-pyrrole nitrogens is 1. The summed E-state index contributed by atoms with van der Waals surface area (Å²) in [6.45, 7) is 2.47. The van der Waals surface area contributed by atoms with Gasteiger partial charge in [-0.05, 0) is 49.2 Å². The molecule has 0 atom stereocenters.